The summed E-state index contributed by atoms with van der Waals surface area (Å²) in [5.41, 5.74) is 4.32. The van der Waals surface area contributed by atoms with Crippen molar-refractivity contribution in [2.75, 3.05) is 0 Å². The zero-order chi connectivity index (χ0) is 20.2. The fraction of sp³-hybridized carbons (Fsp3) is 0.423. The zero-order valence-corrected chi connectivity index (χ0v) is 19.8. The maximum Gasteiger partial charge on any atom is 0.0597 e. The molecule has 1 radical (unpaired) electrons. The van der Waals surface area contributed by atoms with Crippen LogP contribution in [0.1, 0.15) is 44.1 Å². The Morgan fingerprint density at radius 1 is 0.867 bits per heavy atom. The Hall–Kier alpha value is -1.58. The van der Waals surface area contributed by atoms with Gasteiger partial charge in [0.15, 0.2) is 0 Å². The van der Waals surface area contributed by atoms with E-state index in [0.717, 1.165) is 42.5 Å². The second kappa shape index (κ2) is 10.6. The van der Waals surface area contributed by atoms with Crippen molar-refractivity contribution in [1.29, 1.82) is 0 Å². The Balaban J connectivity index is 0.000000175. The monoisotopic (exact) mass is 581 g/mol. The summed E-state index contributed by atoms with van der Waals surface area (Å²) in [5.74, 6) is 0.810. The molecule has 161 valence electrons. The van der Waals surface area contributed by atoms with Gasteiger partial charge in [0, 0.05) is 31.4 Å². The molecule has 4 heteroatoms. The average molecular weight is 581 g/mol. The van der Waals surface area contributed by atoms with Crippen LogP contribution in [0.25, 0.3) is 22.2 Å². The number of hydrogen-bond donors (Lipinski definition) is 2. The van der Waals surface area contributed by atoms with Crippen molar-refractivity contribution in [3.63, 3.8) is 0 Å². The van der Waals surface area contributed by atoms with E-state index in [2.05, 4.69) is 42.2 Å². The Morgan fingerprint density at radius 3 is 2.47 bits per heavy atom. The standard InChI is InChI=1S/C16H12N.C10H18O2.Ir/c1-12-6-5-9-16-14(12)10-11-15(17-16)13-7-3-2-4-8-13;11-8-4-2-1-3-7-5-6-9(12)10(7)8;/h2-7,9-11H,1H3;7-12H,1-6H2;/q-1;;. The van der Waals surface area contributed by atoms with Crippen LogP contribution in [0.4, 0.5) is 0 Å². The van der Waals surface area contributed by atoms with E-state index < -0.39 is 0 Å². The van der Waals surface area contributed by atoms with Crippen LogP contribution in [0.2, 0.25) is 0 Å². The number of benzene rings is 2. The molecule has 2 N–H and O–H groups in total. The number of fused-ring (bicyclic) bond motifs is 2. The van der Waals surface area contributed by atoms with Crippen molar-refractivity contribution in [1.82, 2.24) is 4.98 Å². The smallest absolute Gasteiger partial charge is 0.0597 e. The second-order valence-electron chi connectivity index (χ2n) is 8.45. The summed E-state index contributed by atoms with van der Waals surface area (Å²) in [5, 5.41) is 20.6. The largest absolute Gasteiger partial charge is 0.393 e. The van der Waals surface area contributed by atoms with Crippen molar-refractivity contribution < 1.29 is 30.3 Å². The molecule has 0 saturated heterocycles. The molecule has 30 heavy (non-hydrogen) atoms. The number of nitrogens with zero attached hydrogens (tertiary/aromatic N) is 1. The van der Waals surface area contributed by atoms with E-state index in [9.17, 15) is 10.2 Å². The molecule has 0 amide bonds. The first-order valence-electron chi connectivity index (χ1n) is 10.8. The Morgan fingerprint density at radius 2 is 1.67 bits per heavy atom. The minimum atomic E-state index is -0.227. The van der Waals surface area contributed by atoms with E-state index in [0.29, 0.717) is 5.92 Å². The van der Waals surface area contributed by atoms with E-state index in [4.69, 9.17) is 0 Å². The third-order valence-corrected chi connectivity index (χ3v) is 6.53. The van der Waals surface area contributed by atoms with Gasteiger partial charge < -0.3 is 10.2 Å². The Bertz CT molecular complexity index is 946. The van der Waals surface area contributed by atoms with Crippen LogP contribution >= 0.6 is 0 Å². The summed E-state index contributed by atoms with van der Waals surface area (Å²) in [4.78, 5) is 4.68. The van der Waals surface area contributed by atoms with Gasteiger partial charge in [0.05, 0.1) is 17.7 Å². The van der Waals surface area contributed by atoms with Crippen molar-refractivity contribution in [2.24, 2.45) is 11.8 Å². The molecule has 2 aliphatic carbocycles. The van der Waals surface area contributed by atoms with Crippen LogP contribution in [0.5, 0.6) is 0 Å². The molecular formula is C26H30IrNO2-. The fourth-order valence-electron chi connectivity index (χ4n) is 4.96. The number of pyridine rings is 1. The first-order valence-corrected chi connectivity index (χ1v) is 10.8. The van der Waals surface area contributed by atoms with Crippen LogP contribution in [0.15, 0.2) is 54.6 Å². The molecule has 2 saturated carbocycles. The molecule has 2 aromatic carbocycles. The summed E-state index contributed by atoms with van der Waals surface area (Å²) in [6.45, 7) is 2.11. The van der Waals surface area contributed by atoms with Gasteiger partial charge in [0.1, 0.15) is 0 Å². The fourth-order valence-corrected chi connectivity index (χ4v) is 4.96. The first kappa shape index (κ1) is 23.1. The molecule has 1 aromatic heterocycles. The quantitative estimate of drug-likeness (QED) is 0.384. The summed E-state index contributed by atoms with van der Waals surface area (Å²) >= 11 is 0. The van der Waals surface area contributed by atoms with Crippen LogP contribution < -0.4 is 0 Å². The Kier molecular flexibility index (Phi) is 8.19. The Labute approximate surface area is 192 Å². The third kappa shape index (κ3) is 5.18. The predicted octanol–water partition coefficient (Wildman–Crippen LogP) is 5.32. The summed E-state index contributed by atoms with van der Waals surface area (Å²) in [7, 11) is 0. The van der Waals surface area contributed by atoms with Crippen molar-refractivity contribution in [3.8, 4) is 11.3 Å². The average Bonchev–Trinajstić information content (AvgIpc) is 3.01. The number of aliphatic hydroxyl groups is 2. The van der Waals surface area contributed by atoms with Crippen LogP contribution in [0, 0.1) is 24.8 Å². The first-order chi connectivity index (χ1) is 14.1. The van der Waals surface area contributed by atoms with Crippen LogP contribution in [-0.2, 0) is 20.1 Å². The minimum Gasteiger partial charge on any atom is -0.393 e. The van der Waals surface area contributed by atoms with Crippen molar-refractivity contribution in [2.45, 2.75) is 57.7 Å². The molecular weight excluding hydrogens is 551 g/mol. The number of rotatable bonds is 1. The van der Waals surface area contributed by atoms with Gasteiger partial charge in [-0.3, -0.25) is 4.98 Å². The van der Waals surface area contributed by atoms with Crippen LogP contribution in [-0.4, -0.2) is 27.4 Å². The number of aromatic nitrogens is 1. The van der Waals surface area contributed by atoms with E-state index in [-0.39, 0.29) is 38.2 Å². The van der Waals surface area contributed by atoms with Crippen molar-refractivity contribution >= 4 is 10.9 Å². The van der Waals surface area contributed by atoms with E-state index >= 15 is 0 Å². The third-order valence-electron chi connectivity index (χ3n) is 6.53. The van der Waals surface area contributed by atoms with Crippen molar-refractivity contribution in [3.05, 3.63) is 66.2 Å². The molecule has 5 rings (SSSR count). The topological polar surface area (TPSA) is 53.4 Å². The number of hydrogen-bond acceptors (Lipinski definition) is 3. The molecule has 2 aliphatic rings. The normalized spacial score (nSPS) is 25.4. The molecule has 4 atom stereocenters. The maximum atomic E-state index is 9.77. The van der Waals surface area contributed by atoms with E-state index in [1.54, 1.807) is 0 Å². The van der Waals surface area contributed by atoms with Gasteiger partial charge >= 0.3 is 0 Å². The molecule has 0 aliphatic heterocycles. The van der Waals surface area contributed by atoms with Gasteiger partial charge in [-0.2, -0.15) is 0 Å². The number of aliphatic hydroxyl groups excluding tert-OH is 2. The zero-order valence-electron chi connectivity index (χ0n) is 17.4. The van der Waals surface area contributed by atoms with Crippen LogP contribution in [0.3, 0.4) is 0 Å². The van der Waals surface area contributed by atoms with E-state index in [1.165, 1.54) is 23.8 Å². The molecule has 4 unspecified atom stereocenters. The van der Waals surface area contributed by atoms with Gasteiger partial charge in [-0.1, -0.05) is 37.1 Å². The molecule has 1 heterocycles. The maximum absolute atomic E-state index is 9.77. The van der Waals surface area contributed by atoms with Gasteiger partial charge in [0.25, 0.3) is 0 Å². The minimum absolute atomic E-state index is 0. The summed E-state index contributed by atoms with van der Waals surface area (Å²) in [6.07, 6.45) is 6.09. The van der Waals surface area contributed by atoms with E-state index in [1.807, 2.05) is 30.3 Å². The molecule has 0 spiro atoms. The predicted molar refractivity (Wildman–Crippen MR) is 117 cm³/mol. The molecule has 2 fully saturated rings. The second-order valence-corrected chi connectivity index (χ2v) is 8.45. The summed E-state index contributed by atoms with van der Waals surface area (Å²) in [6, 6.07) is 21.5. The molecule has 0 bridgehead atoms. The van der Waals surface area contributed by atoms with Gasteiger partial charge in [-0.05, 0) is 55.8 Å². The molecule has 3 nitrogen and oxygen atoms in total. The number of aryl methyl sites for hydroxylation is 1. The summed E-state index contributed by atoms with van der Waals surface area (Å²) < 4.78 is 0. The molecule has 3 aromatic rings. The van der Waals surface area contributed by atoms with Gasteiger partial charge in [-0.15, -0.1) is 35.9 Å². The van der Waals surface area contributed by atoms with Gasteiger partial charge in [-0.25, -0.2) is 0 Å². The van der Waals surface area contributed by atoms with Gasteiger partial charge in [0.2, 0.25) is 0 Å². The SMILES string of the molecule is Cc1cccc2nc(-c3[c-]cccc3)ccc12.OC1CCCCC2CCC(O)C12.[Ir].